The molecule has 0 saturated carbocycles. The second kappa shape index (κ2) is 4.60. The summed E-state index contributed by atoms with van der Waals surface area (Å²) in [6.07, 6.45) is 2.18. The predicted octanol–water partition coefficient (Wildman–Crippen LogP) is 3.50. The van der Waals surface area contributed by atoms with E-state index in [1.807, 2.05) is 30.3 Å². The van der Waals surface area contributed by atoms with Crippen molar-refractivity contribution in [3.05, 3.63) is 54.0 Å². The van der Waals surface area contributed by atoms with E-state index in [1.54, 1.807) is 6.26 Å². The van der Waals surface area contributed by atoms with Crippen molar-refractivity contribution in [1.82, 2.24) is 0 Å². The first-order valence-electron chi connectivity index (χ1n) is 6.91. The van der Waals surface area contributed by atoms with Crippen molar-refractivity contribution in [2.45, 2.75) is 12.5 Å². The zero-order valence-electron chi connectivity index (χ0n) is 11.3. The monoisotopic (exact) mass is 283 g/mol. The van der Waals surface area contributed by atoms with Gasteiger partial charge in [-0.05, 0) is 41.5 Å². The van der Waals surface area contributed by atoms with E-state index in [9.17, 15) is 4.39 Å². The summed E-state index contributed by atoms with van der Waals surface area (Å²) in [6, 6.07) is 11.2. The van der Waals surface area contributed by atoms with Crippen LogP contribution in [0, 0.1) is 5.82 Å². The molecule has 4 heteroatoms. The SMILES string of the molecule is NCC1Cc2cc(-c3ccc4occc4c3)cc(F)c2O1. The largest absolute Gasteiger partial charge is 0.485 e. The lowest BCUT2D eigenvalue weighted by atomic mass is 9.99. The third-order valence-corrected chi connectivity index (χ3v) is 3.90. The molecule has 0 amide bonds. The Hall–Kier alpha value is -2.33. The first kappa shape index (κ1) is 12.4. The molecular weight excluding hydrogens is 269 g/mol. The molecule has 0 bridgehead atoms. The van der Waals surface area contributed by atoms with Crippen molar-refractivity contribution in [3.63, 3.8) is 0 Å². The summed E-state index contributed by atoms with van der Waals surface area (Å²) in [4.78, 5) is 0. The Labute approximate surface area is 121 Å². The first-order chi connectivity index (χ1) is 10.2. The molecule has 0 spiro atoms. The van der Waals surface area contributed by atoms with Gasteiger partial charge in [-0.2, -0.15) is 0 Å². The summed E-state index contributed by atoms with van der Waals surface area (Å²) < 4.78 is 25.1. The van der Waals surface area contributed by atoms with E-state index in [2.05, 4.69) is 0 Å². The lowest BCUT2D eigenvalue weighted by molar-refractivity contribution is 0.232. The Morgan fingerprint density at radius 3 is 2.90 bits per heavy atom. The maximum Gasteiger partial charge on any atom is 0.165 e. The number of fused-ring (bicyclic) bond motifs is 2. The summed E-state index contributed by atoms with van der Waals surface area (Å²) in [5, 5.41) is 1.00. The highest BCUT2D eigenvalue weighted by atomic mass is 19.1. The van der Waals surface area contributed by atoms with Crippen LogP contribution in [0.1, 0.15) is 5.56 Å². The van der Waals surface area contributed by atoms with Crippen LogP contribution in [0.5, 0.6) is 5.75 Å². The van der Waals surface area contributed by atoms with Crippen LogP contribution in [0.2, 0.25) is 0 Å². The van der Waals surface area contributed by atoms with Crippen molar-refractivity contribution < 1.29 is 13.5 Å². The van der Waals surface area contributed by atoms with Gasteiger partial charge in [0.2, 0.25) is 0 Å². The van der Waals surface area contributed by atoms with Crippen LogP contribution < -0.4 is 10.5 Å². The minimum atomic E-state index is -0.328. The Kier molecular flexibility index (Phi) is 2.72. The molecule has 4 rings (SSSR count). The summed E-state index contributed by atoms with van der Waals surface area (Å²) in [6.45, 7) is 0.393. The average molecular weight is 283 g/mol. The number of rotatable bonds is 2. The number of nitrogens with two attached hydrogens (primary N) is 1. The first-order valence-corrected chi connectivity index (χ1v) is 6.91. The molecule has 1 aliphatic rings. The second-order valence-corrected chi connectivity index (χ2v) is 5.30. The van der Waals surface area contributed by atoms with E-state index in [-0.39, 0.29) is 11.9 Å². The summed E-state index contributed by atoms with van der Waals surface area (Å²) >= 11 is 0. The molecule has 1 aromatic heterocycles. The lowest BCUT2D eigenvalue weighted by Gasteiger charge is -2.07. The normalized spacial score (nSPS) is 17.0. The Morgan fingerprint density at radius 1 is 1.14 bits per heavy atom. The zero-order valence-corrected chi connectivity index (χ0v) is 11.3. The van der Waals surface area contributed by atoms with E-state index in [1.165, 1.54) is 6.07 Å². The molecule has 3 nitrogen and oxygen atoms in total. The maximum absolute atomic E-state index is 14.2. The van der Waals surface area contributed by atoms with Gasteiger partial charge in [0.05, 0.1) is 6.26 Å². The molecule has 21 heavy (non-hydrogen) atoms. The van der Waals surface area contributed by atoms with Crippen LogP contribution in [0.25, 0.3) is 22.1 Å². The molecular formula is C17H14FNO2. The Morgan fingerprint density at radius 2 is 2.05 bits per heavy atom. The van der Waals surface area contributed by atoms with Crippen LogP contribution in [-0.4, -0.2) is 12.6 Å². The fourth-order valence-corrected chi connectivity index (χ4v) is 2.83. The topological polar surface area (TPSA) is 48.4 Å². The quantitative estimate of drug-likeness (QED) is 0.783. The van der Waals surface area contributed by atoms with Gasteiger partial charge in [0.25, 0.3) is 0 Å². The number of furan rings is 1. The molecule has 1 unspecified atom stereocenters. The third kappa shape index (κ3) is 1.99. The minimum absolute atomic E-state index is 0.124. The summed E-state index contributed by atoms with van der Waals surface area (Å²) in [7, 11) is 0. The van der Waals surface area contributed by atoms with Crippen LogP contribution in [0.3, 0.4) is 0 Å². The minimum Gasteiger partial charge on any atom is -0.485 e. The maximum atomic E-state index is 14.2. The van der Waals surface area contributed by atoms with Gasteiger partial charge in [0, 0.05) is 23.9 Å². The Balaban J connectivity index is 1.81. The van der Waals surface area contributed by atoms with Crippen molar-refractivity contribution in [3.8, 4) is 16.9 Å². The second-order valence-electron chi connectivity index (χ2n) is 5.30. The van der Waals surface area contributed by atoms with Crippen LogP contribution in [0.15, 0.2) is 47.1 Å². The van der Waals surface area contributed by atoms with E-state index in [4.69, 9.17) is 14.9 Å². The highest BCUT2D eigenvalue weighted by molar-refractivity contribution is 5.83. The van der Waals surface area contributed by atoms with Crippen molar-refractivity contribution >= 4 is 11.0 Å². The Bertz CT molecular complexity index is 825. The van der Waals surface area contributed by atoms with Gasteiger partial charge < -0.3 is 14.9 Å². The zero-order chi connectivity index (χ0) is 14.4. The number of ether oxygens (including phenoxy) is 1. The fourth-order valence-electron chi connectivity index (χ4n) is 2.83. The molecule has 1 atom stereocenters. The highest BCUT2D eigenvalue weighted by Crippen LogP contribution is 2.36. The number of hydrogen-bond acceptors (Lipinski definition) is 3. The molecule has 106 valence electrons. The standard InChI is InChI=1S/C17H14FNO2/c18-15-8-12(6-13-7-14(9-19)21-17(13)15)10-1-2-16-11(5-10)3-4-20-16/h1-6,8,14H,7,9,19H2. The van der Waals surface area contributed by atoms with E-state index in [0.717, 1.165) is 27.7 Å². The van der Waals surface area contributed by atoms with E-state index in [0.29, 0.717) is 18.7 Å². The van der Waals surface area contributed by atoms with Crippen LogP contribution >= 0.6 is 0 Å². The average Bonchev–Trinajstić information content (AvgIpc) is 3.12. The van der Waals surface area contributed by atoms with Gasteiger partial charge in [-0.25, -0.2) is 4.39 Å². The van der Waals surface area contributed by atoms with Gasteiger partial charge in [0.1, 0.15) is 11.7 Å². The molecule has 3 aromatic rings. The molecule has 0 radical (unpaired) electrons. The fraction of sp³-hybridized carbons (Fsp3) is 0.176. The molecule has 2 heterocycles. The van der Waals surface area contributed by atoms with Gasteiger partial charge in [-0.3, -0.25) is 0 Å². The van der Waals surface area contributed by atoms with Crippen molar-refractivity contribution in [1.29, 1.82) is 0 Å². The number of benzene rings is 2. The smallest absolute Gasteiger partial charge is 0.165 e. The molecule has 1 aliphatic heterocycles. The van der Waals surface area contributed by atoms with Crippen LogP contribution in [-0.2, 0) is 6.42 Å². The van der Waals surface area contributed by atoms with Gasteiger partial charge in [-0.15, -0.1) is 0 Å². The number of hydrogen-bond donors (Lipinski definition) is 1. The van der Waals surface area contributed by atoms with E-state index >= 15 is 0 Å². The molecule has 0 fully saturated rings. The molecule has 0 aliphatic carbocycles. The predicted molar refractivity (Wildman–Crippen MR) is 78.8 cm³/mol. The molecule has 0 saturated heterocycles. The third-order valence-electron chi connectivity index (χ3n) is 3.90. The van der Waals surface area contributed by atoms with Gasteiger partial charge in [-0.1, -0.05) is 6.07 Å². The van der Waals surface area contributed by atoms with Crippen molar-refractivity contribution in [2.24, 2.45) is 5.73 Å². The summed E-state index contributed by atoms with van der Waals surface area (Å²) in [5.41, 5.74) is 9.12. The van der Waals surface area contributed by atoms with Gasteiger partial charge >= 0.3 is 0 Å². The van der Waals surface area contributed by atoms with E-state index < -0.39 is 0 Å². The summed E-state index contributed by atoms with van der Waals surface area (Å²) in [5.74, 6) is 0.0179. The lowest BCUT2D eigenvalue weighted by Crippen LogP contribution is -2.24. The highest BCUT2D eigenvalue weighted by Gasteiger charge is 2.25. The van der Waals surface area contributed by atoms with Crippen molar-refractivity contribution in [2.75, 3.05) is 6.54 Å². The number of halogens is 1. The molecule has 2 N–H and O–H groups in total. The van der Waals surface area contributed by atoms with Crippen LogP contribution in [0.4, 0.5) is 4.39 Å². The van der Waals surface area contributed by atoms with Gasteiger partial charge in [0.15, 0.2) is 11.6 Å². The molecule has 2 aromatic carbocycles.